The standard InChI is InChI=1S/C25H35NO6/c27-19(13-12-18-8-4-3-5-9-18)14-15-21-20(22(28)16-23(21)29)10-6-1-2-7-11-24(30)26-17-25(31)32/h1,3-6,8-9,14-15,19-23,27-29H,2,7,10-13,16-17H2,(H,26,30)(H,31,32). The molecule has 7 heteroatoms. The molecule has 1 aliphatic carbocycles. The molecule has 2 rings (SSSR count). The highest BCUT2D eigenvalue weighted by atomic mass is 16.4. The normalized spacial score (nSPS) is 24.2. The van der Waals surface area contributed by atoms with Gasteiger partial charge in [-0.25, -0.2) is 0 Å². The molecule has 32 heavy (non-hydrogen) atoms. The first-order valence-corrected chi connectivity index (χ1v) is 11.3. The molecule has 1 aliphatic rings. The van der Waals surface area contributed by atoms with Gasteiger partial charge in [0.05, 0.1) is 18.3 Å². The van der Waals surface area contributed by atoms with Gasteiger partial charge < -0.3 is 25.7 Å². The number of carbonyl (C=O) groups is 2. The second-order valence-electron chi connectivity index (χ2n) is 8.36. The number of carboxylic acid groups (broad SMARTS) is 1. The summed E-state index contributed by atoms with van der Waals surface area (Å²) in [4.78, 5) is 21.9. The van der Waals surface area contributed by atoms with Crippen LogP contribution in [-0.4, -0.2) is 57.2 Å². The van der Waals surface area contributed by atoms with Gasteiger partial charge in [0.15, 0.2) is 0 Å². The summed E-state index contributed by atoms with van der Waals surface area (Å²) in [7, 11) is 0. The predicted octanol–water partition coefficient (Wildman–Crippen LogP) is 2.21. The highest BCUT2D eigenvalue weighted by Gasteiger charge is 2.39. The lowest BCUT2D eigenvalue weighted by Gasteiger charge is -2.19. The Balaban J connectivity index is 1.74. The van der Waals surface area contributed by atoms with E-state index in [4.69, 9.17) is 5.11 Å². The van der Waals surface area contributed by atoms with Crippen molar-refractivity contribution in [3.05, 3.63) is 60.2 Å². The lowest BCUT2D eigenvalue weighted by molar-refractivity contribution is -0.137. The van der Waals surface area contributed by atoms with Crippen LogP contribution in [0.2, 0.25) is 0 Å². The van der Waals surface area contributed by atoms with Gasteiger partial charge in [0.1, 0.15) is 6.54 Å². The Labute approximate surface area is 189 Å². The van der Waals surface area contributed by atoms with E-state index in [1.807, 2.05) is 48.6 Å². The molecule has 0 spiro atoms. The van der Waals surface area contributed by atoms with Gasteiger partial charge in [-0.05, 0) is 43.6 Å². The lowest BCUT2D eigenvalue weighted by Crippen LogP contribution is -2.28. The van der Waals surface area contributed by atoms with Crippen LogP contribution >= 0.6 is 0 Å². The molecular weight excluding hydrogens is 410 g/mol. The van der Waals surface area contributed by atoms with E-state index in [2.05, 4.69) is 5.32 Å². The van der Waals surface area contributed by atoms with E-state index in [0.717, 1.165) is 6.42 Å². The van der Waals surface area contributed by atoms with Crippen molar-refractivity contribution in [2.45, 2.75) is 63.3 Å². The Morgan fingerprint density at radius 2 is 1.88 bits per heavy atom. The number of nitrogens with one attached hydrogen (secondary N) is 1. The summed E-state index contributed by atoms with van der Waals surface area (Å²) in [5.74, 6) is -1.70. The van der Waals surface area contributed by atoms with E-state index in [1.165, 1.54) is 5.56 Å². The van der Waals surface area contributed by atoms with Gasteiger partial charge in [-0.15, -0.1) is 0 Å². The summed E-state index contributed by atoms with van der Waals surface area (Å²) in [6, 6.07) is 9.96. The largest absolute Gasteiger partial charge is 0.480 e. The first kappa shape index (κ1) is 25.8. The fourth-order valence-electron chi connectivity index (χ4n) is 4.03. The van der Waals surface area contributed by atoms with Crippen LogP contribution in [0.5, 0.6) is 0 Å². The fraction of sp³-hybridized carbons (Fsp3) is 0.520. The summed E-state index contributed by atoms with van der Waals surface area (Å²) in [5.41, 5.74) is 1.17. The van der Waals surface area contributed by atoms with Crippen molar-refractivity contribution in [1.82, 2.24) is 5.32 Å². The van der Waals surface area contributed by atoms with Crippen molar-refractivity contribution >= 4 is 11.9 Å². The highest BCUT2D eigenvalue weighted by molar-refractivity contribution is 5.80. The molecule has 5 N–H and O–H groups in total. The highest BCUT2D eigenvalue weighted by Crippen LogP contribution is 2.36. The maximum atomic E-state index is 11.5. The second-order valence-corrected chi connectivity index (χ2v) is 8.36. The molecule has 0 aromatic heterocycles. The minimum atomic E-state index is -1.07. The summed E-state index contributed by atoms with van der Waals surface area (Å²) >= 11 is 0. The molecule has 0 radical (unpaired) electrons. The Bertz CT molecular complexity index is 763. The van der Waals surface area contributed by atoms with Crippen molar-refractivity contribution < 1.29 is 30.0 Å². The van der Waals surface area contributed by atoms with E-state index in [0.29, 0.717) is 32.1 Å². The molecule has 5 unspecified atom stereocenters. The molecule has 7 nitrogen and oxygen atoms in total. The van der Waals surface area contributed by atoms with Crippen molar-refractivity contribution in [1.29, 1.82) is 0 Å². The van der Waals surface area contributed by atoms with Crippen LogP contribution in [0.4, 0.5) is 0 Å². The van der Waals surface area contributed by atoms with Crippen molar-refractivity contribution in [3.8, 4) is 0 Å². The van der Waals surface area contributed by atoms with Gasteiger partial charge in [-0.2, -0.15) is 0 Å². The zero-order chi connectivity index (χ0) is 23.3. The van der Waals surface area contributed by atoms with Crippen LogP contribution in [-0.2, 0) is 16.0 Å². The third-order valence-electron chi connectivity index (χ3n) is 5.83. The van der Waals surface area contributed by atoms with Crippen LogP contribution in [0.15, 0.2) is 54.6 Å². The number of benzene rings is 1. The Kier molecular flexibility index (Phi) is 11.1. The maximum absolute atomic E-state index is 11.5. The van der Waals surface area contributed by atoms with E-state index < -0.39 is 24.3 Å². The monoisotopic (exact) mass is 445 g/mol. The first-order chi connectivity index (χ1) is 15.4. The lowest BCUT2D eigenvalue weighted by atomic mass is 9.89. The minimum absolute atomic E-state index is 0.127. The molecule has 1 fully saturated rings. The molecule has 0 saturated heterocycles. The third-order valence-corrected chi connectivity index (χ3v) is 5.83. The molecule has 0 aliphatic heterocycles. The maximum Gasteiger partial charge on any atom is 0.322 e. The van der Waals surface area contributed by atoms with Gasteiger partial charge in [-0.3, -0.25) is 9.59 Å². The molecular formula is C25H35NO6. The molecule has 1 aromatic rings. The summed E-state index contributed by atoms with van der Waals surface area (Å²) < 4.78 is 0. The van der Waals surface area contributed by atoms with E-state index in [1.54, 1.807) is 6.08 Å². The topological polar surface area (TPSA) is 127 Å². The SMILES string of the molecule is O=C(O)CNC(=O)CCCC=CCC1C(O)CC(O)C1C=CC(O)CCc1ccccc1. The molecule has 1 aromatic carbocycles. The van der Waals surface area contributed by atoms with Gasteiger partial charge in [0.25, 0.3) is 0 Å². The number of aryl methyl sites for hydroxylation is 1. The zero-order valence-electron chi connectivity index (χ0n) is 18.3. The second kappa shape index (κ2) is 13.8. The van der Waals surface area contributed by atoms with Crippen LogP contribution in [0.1, 0.15) is 44.1 Å². The number of hydrogen-bond acceptors (Lipinski definition) is 5. The van der Waals surface area contributed by atoms with E-state index in [-0.39, 0.29) is 30.7 Å². The van der Waals surface area contributed by atoms with E-state index >= 15 is 0 Å². The average molecular weight is 446 g/mol. The Hall–Kier alpha value is -2.48. The predicted molar refractivity (Wildman–Crippen MR) is 122 cm³/mol. The van der Waals surface area contributed by atoms with Crippen LogP contribution in [0.3, 0.4) is 0 Å². The fourth-order valence-corrected chi connectivity index (χ4v) is 4.03. The van der Waals surface area contributed by atoms with Crippen molar-refractivity contribution in [2.24, 2.45) is 11.8 Å². The number of aliphatic carboxylic acids is 1. The van der Waals surface area contributed by atoms with Crippen LogP contribution < -0.4 is 5.32 Å². The Morgan fingerprint density at radius 1 is 1.12 bits per heavy atom. The number of carbonyl (C=O) groups excluding carboxylic acids is 1. The number of rotatable bonds is 13. The van der Waals surface area contributed by atoms with Gasteiger partial charge in [0, 0.05) is 18.8 Å². The van der Waals surface area contributed by atoms with Crippen LogP contribution in [0.25, 0.3) is 0 Å². The summed E-state index contributed by atoms with van der Waals surface area (Å²) in [6.07, 6.45) is 9.41. The number of unbranched alkanes of at least 4 members (excludes halogenated alkanes) is 1. The molecule has 1 amide bonds. The third kappa shape index (κ3) is 9.34. The molecule has 0 heterocycles. The molecule has 0 bridgehead atoms. The summed E-state index contributed by atoms with van der Waals surface area (Å²) in [5, 5.41) is 41.8. The number of aliphatic hydroxyl groups excluding tert-OH is 3. The molecule has 1 saturated carbocycles. The number of carboxylic acids is 1. The van der Waals surface area contributed by atoms with Crippen LogP contribution in [0, 0.1) is 11.8 Å². The number of amides is 1. The smallest absolute Gasteiger partial charge is 0.322 e. The van der Waals surface area contributed by atoms with Gasteiger partial charge in [-0.1, -0.05) is 54.6 Å². The molecule has 176 valence electrons. The Morgan fingerprint density at radius 3 is 2.59 bits per heavy atom. The van der Waals surface area contributed by atoms with Crippen molar-refractivity contribution in [3.63, 3.8) is 0 Å². The van der Waals surface area contributed by atoms with Crippen molar-refractivity contribution in [2.75, 3.05) is 6.54 Å². The zero-order valence-corrected chi connectivity index (χ0v) is 18.3. The first-order valence-electron chi connectivity index (χ1n) is 11.3. The number of allylic oxidation sites excluding steroid dienone is 2. The van der Waals surface area contributed by atoms with Gasteiger partial charge in [0.2, 0.25) is 5.91 Å². The number of aliphatic hydroxyl groups is 3. The quantitative estimate of drug-likeness (QED) is 0.234. The van der Waals surface area contributed by atoms with Gasteiger partial charge >= 0.3 is 5.97 Å². The number of hydrogen-bond donors (Lipinski definition) is 5. The minimum Gasteiger partial charge on any atom is -0.480 e. The van der Waals surface area contributed by atoms with E-state index in [9.17, 15) is 24.9 Å². The average Bonchev–Trinajstić information content (AvgIpc) is 3.04. The summed E-state index contributed by atoms with van der Waals surface area (Å²) in [6.45, 7) is -0.369. The molecule has 5 atom stereocenters.